The number of para-hydroxylation sites is 1. The van der Waals surface area contributed by atoms with E-state index in [9.17, 15) is 13.2 Å². The van der Waals surface area contributed by atoms with Crippen molar-refractivity contribution in [2.24, 2.45) is 0 Å². The maximum Gasteiger partial charge on any atom is 0.265 e. The van der Waals surface area contributed by atoms with Crippen molar-refractivity contribution in [2.45, 2.75) is 55.6 Å². The molecule has 1 aliphatic heterocycles. The molecule has 1 aliphatic carbocycles. The lowest BCUT2D eigenvalue weighted by atomic mass is 9.96. The standard InChI is InChI=1S/C22H26N2O4S/c1-24(18-8-3-2-4-9-18)29(26,27)19-13-11-17(12-14-19)23-22(25)21-15-16-7-5-6-10-20(16)28-21/h5-7,10-14,18,21H,2-4,8-9,15H2,1H3,(H,23,25). The van der Waals surface area contributed by atoms with E-state index in [2.05, 4.69) is 5.32 Å². The molecule has 1 saturated carbocycles. The third-order valence-corrected chi connectivity index (χ3v) is 7.75. The SMILES string of the molecule is CN(C1CCCCC1)S(=O)(=O)c1ccc(NC(=O)C2Cc3ccccc3O2)cc1. The van der Waals surface area contributed by atoms with Gasteiger partial charge in [0, 0.05) is 25.2 Å². The molecule has 4 rings (SSSR count). The van der Waals surface area contributed by atoms with Gasteiger partial charge in [0.2, 0.25) is 10.0 Å². The van der Waals surface area contributed by atoms with Gasteiger partial charge in [0.05, 0.1) is 4.90 Å². The molecule has 2 aromatic rings. The average Bonchev–Trinajstić information content (AvgIpc) is 3.19. The van der Waals surface area contributed by atoms with Crippen LogP contribution in [0.3, 0.4) is 0 Å². The van der Waals surface area contributed by atoms with E-state index in [-0.39, 0.29) is 16.8 Å². The smallest absolute Gasteiger partial charge is 0.265 e. The zero-order valence-corrected chi connectivity index (χ0v) is 17.3. The van der Waals surface area contributed by atoms with Crippen molar-refractivity contribution in [2.75, 3.05) is 12.4 Å². The van der Waals surface area contributed by atoms with E-state index in [4.69, 9.17) is 4.74 Å². The van der Waals surface area contributed by atoms with E-state index in [0.717, 1.165) is 37.0 Å². The van der Waals surface area contributed by atoms with Gasteiger partial charge in [0.1, 0.15) is 5.75 Å². The Hall–Kier alpha value is -2.38. The summed E-state index contributed by atoms with van der Waals surface area (Å²) in [6.45, 7) is 0. The van der Waals surface area contributed by atoms with Crippen LogP contribution in [0.5, 0.6) is 5.75 Å². The highest BCUT2D eigenvalue weighted by molar-refractivity contribution is 7.89. The van der Waals surface area contributed by atoms with E-state index in [1.54, 1.807) is 31.3 Å². The van der Waals surface area contributed by atoms with Crippen molar-refractivity contribution in [3.63, 3.8) is 0 Å². The molecule has 0 bridgehead atoms. The average molecular weight is 415 g/mol. The molecule has 29 heavy (non-hydrogen) atoms. The molecule has 1 fully saturated rings. The van der Waals surface area contributed by atoms with Crippen LogP contribution in [0.15, 0.2) is 53.4 Å². The number of nitrogens with zero attached hydrogens (tertiary/aromatic N) is 1. The second-order valence-electron chi connectivity index (χ2n) is 7.75. The van der Waals surface area contributed by atoms with Crippen LogP contribution in [0.1, 0.15) is 37.7 Å². The normalized spacial score (nSPS) is 19.6. The first kappa shape index (κ1) is 19.9. The number of carbonyl (C=O) groups excluding carboxylic acids is 1. The number of amides is 1. The summed E-state index contributed by atoms with van der Waals surface area (Å²) < 4.78 is 33.0. The molecule has 0 spiro atoms. The Bertz CT molecular complexity index is 957. The van der Waals surface area contributed by atoms with Crippen molar-refractivity contribution in [1.29, 1.82) is 0 Å². The Morgan fingerprint density at radius 3 is 2.41 bits per heavy atom. The molecule has 154 valence electrons. The van der Waals surface area contributed by atoms with Crippen LogP contribution in [0, 0.1) is 0 Å². The molecule has 1 heterocycles. The fraction of sp³-hybridized carbons (Fsp3) is 0.409. The van der Waals surface area contributed by atoms with Gasteiger partial charge < -0.3 is 10.1 Å². The molecule has 0 radical (unpaired) electrons. The number of benzene rings is 2. The van der Waals surface area contributed by atoms with Crippen molar-refractivity contribution in [3.05, 3.63) is 54.1 Å². The van der Waals surface area contributed by atoms with E-state index >= 15 is 0 Å². The number of hydrogen-bond acceptors (Lipinski definition) is 4. The minimum atomic E-state index is -3.54. The summed E-state index contributed by atoms with van der Waals surface area (Å²) >= 11 is 0. The first-order valence-corrected chi connectivity index (χ1v) is 11.5. The van der Waals surface area contributed by atoms with Gasteiger partial charge in [0.15, 0.2) is 6.10 Å². The molecule has 6 nitrogen and oxygen atoms in total. The van der Waals surface area contributed by atoms with Gasteiger partial charge in [-0.15, -0.1) is 0 Å². The first-order chi connectivity index (χ1) is 13.9. The summed E-state index contributed by atoms with van der Waals surface area (Å²) in [4.78, 5) is 12.8. The van der Waals surface area contributed by atoms with Gasteiger partial charge in [-0.25, -0.2) is 8.42 Å². The highest BCUT2D eigenvalue weighted by Gasteiger charge is 2.30. The van der Waals surface area contributed by atoms with Crippen molar-refractivity contribution >= 4 is 21.6 Å². The molecular formula is C22H26N2O4S. The van der Waals surface area contributed by atoms with E-state index in [0.29, 0.717) is 12.1 Å². The number of anilines is 1. The molecule has 7 heteroatoms. The summed E-state index contributed by atoms with van der Waals surface area (Å²) in [7, 11) is -1.88. The number of nitrogens with one attached hydrogen (secondary N) is 1. The van der Waals surface area contributed by atoms with Crippen LogP contribution < -0.4 is 10.1 Å². The van der Waals surface area contributed by atoms with Gasteiger partial charge in [-0.1, -0.05) is 37.5 Å². The lowest BCUT2D eigenvalue weighted by molar-refractivity contribution is -0.122. The quantitative estimate of drug-likeness (QED) is 0.811. The molecule has 2 aliphatic rings. The molecule has 2 aromatic carbocycles. The minimum absolute atomic E-state index is 0.0641. The van der Waals surface area contributed by atoms with Gasteiger partial charge >= 0.3 is 0 Å². The van der Waals surface area contributed by atoms with Gasteiger partial charge in [0.25, 0.3) is 5.91 Å². The fourth-order valence-electron chi connectivity index (χ4n) is 4.07. The molecule has 1 unspecified atom stereocenters. The topological polar surface area (TPSA) is 75.7 Å². The zero-order chi connectivity index (χ0) is 20.4. The van der Waals surface area contributed by atoms with Crippen molar-refractivity contribution < 1.29 is 17.9 Å². The Labute approximate surface area is 171 Å². The highest BCUT2D eigenvalue weighted by atomic mass is 32.2. The second-order valence-corrected chi connectivity index (χ2v) is 9.74. The monoisotopic (exact) mass is 414 g/mol. The maximum absolute atomic E-state index is 12.9. The van der Waals surface area contributed by atoms with Crippen LogP contribution in [-0.4, -0.2) is 37.8 Å². The Morgan fingerprint density at radius 2 is 1.72 bits per heavy atom. The Kier molecular flexibility index (Phi) is 5.61. The summed E-state index contributed by atoms with van der Waals surface area (Å²) in [5.41, 5.74) is 1.56. The van der Waals surface area contributed by atoms with Crippen LogP contribution in [0.4, 0.5) is 5.69 Å². The molecule has 1 N–H and O–H groups in total. The summed E-state index contributed by atoms with van der Waals surface area (Å²) in [6.07, 6.45) is 5.09. The minimum Gasteiger partial charge on any atom is -0.480 e. The third-order valence-electron chi connectivity index (χ3n) is 5.83. The third kappa shape index (κ3) is 4.16. The van der Waals surface area contributed by atoms with Gasteiger partial charge in [-0.05, 0) is 48.7 Å². The molecule has 0 aromatic heterocycles. The number of hydrogen-bond donors (Lipinski definition) is 1. The second kappa shape index (κ2) is 8.16. The number of sulfonamides is 1. The van der Waals surface area contributed by atoms with Crippen molar-refractivity contribution in [3.8, 4) is 5.75 Å². The summed E-state index contributed by atoms with van der Waals surface area (Å²) in [5.74, 6) is 0.496. The van der Waals surface area contributed by atoms with Crippen LogP contribution in [-0.2, 0) is 21.2 Å². The van der Waals surface area contributed by atoms with E-state index in [1.807, 2.05) is 24.3 Å². The molecule has 1 atom stereocenters. The number of rotatable bonds is 5. The summed E-state index contributed by atoms with van der Waals surface area (Å²) in [6, 6.07) is 14.0. The first-order valence-electron chi connectivity index (χ1n) is 10.1. The van der Waals surface area contributed by atoms with Gasteiger partial charge in [-0.3, -0.25) is 4.79 Å². The highest BCUT2D eigenvalue weighted by Crippen LogP contribution is 2.29. The number of carbonyl (C=O) groups is 1. The van der Waals surface area contributed by atoms with Crippen LogP contribution >= 0.6 is 0 Å². The van der Waals surface area contributed by atoms with Gasteiger partial charge in [-0.2, -0.15) is 4.31 Å². The molecule has 1 amide bonds. The lowest BCUT2D eigenvalue weighted by Crippen LogP contribution is -2.38. The Morgan fingerprint density at radius 1 is 1.03 bits per heavy atom. The lowest BCUT2D eigenvalue weighted by Gasteiger charge is -2.30. The predicted octanol–water partition coefficient (Wildman–Crippen LogP) is 3.58. The Balaban J connectivity index is 1.41. The van der Waals surface area contributed by atoms with Crippen LogP contribution in [0.2, 0.25) is 0 Å². The number of fused-ring (bicyclic) bond motifs is 1. The van der Waals surface area contributed by atoms with E-state index < -0.39 is 16.1 Å². The predicted molar refractivity (Wildman–Crippen MR) is 111 cm³/mol. The van der Waals surface area contributed by atoms with Crippen LogP contribution in [0.25, 0.3) is 0 Å². The van der Waals surface area contributed by atoms with E-state index in [1.165, 1.54) is 10.7 Å². The molecular weight excluding hydrogens is 388 g/mol. The molecule has 0 saturated heterocycles. The summed E-state index contributed by atoms with van der Waals surface area (Å²) in [5, 5.41) is 2.82. The number of ether oxygens (including phenoxy) is 1. The maximum atomic E-state index is 12.9. The van der Waals surface area contributed by atoms with Crippen molar-refractivity contribution in [1.82, 2.24) is 4.31 Å². The zero-order valence-electron chi connectivity index (χ0n) is 16.5. The largest absolute Gasteiger partial charge is 0.480 e. The fourth-order valence-corrected chi connectivity index (χ4v) is 5.48.